The summed E-state index contributed by atoms with van der Waals surface area (Å²) in [5, 5.41) is 6.13. The van der Waals surface area contributed by atoms with Gasteiger partial charge in [-0.3, -0.25) is 9.59 Å². The zero-order valence-corrected chi connectivity index (χ0v) is 13.0. The van der Waals surface area contributed by atoms with Crippen LogP contribution in [0.1, 0.15) is 34.1 Å². The van der Waals surface area contributed by atoms with E-state index >= 15 is 0 Å². The summed E-state index contributed by atoms with van der Waals surface area (Å²) in [5.74, 6) is -0.485. The largest absolute Gasteiger partial charge is 0.352 e. The maximum Gasteiger partial charge on any atom is 0.255 e. The highest BCUT2D eigenvalue weighted by atomic mass is 35.5. The molecule has 2 N–H and O–H groups in total. The second kappa shape index (κ2) is 7.61. The van der Waals surface area contributed by atoms with E-state index in [0.29, 0.717) is 28.4 Å². The van der Waals surface area contributed by atoms with E-state index in [0.717, 1.165) is 6.42 Å². The third kappa shape index (κ3) is 4.09. The van der Waals surface area contributed by atoms with Gasteiger partial charge in [-0.25, -0.2) is 0 Å². The minimum absolute atomic E-state index is 0.200. The maximum absolute atomic E-state index is 12.2. The van der Waals surface area contributed by atoms with Gasteiger partial charge in [0, 0.05) is 17.1 Å². The van der Waals surface area contributed by atoms with E-state index in [1.165, 1.54) is 0 Å². The first-order valence-electron chi connectivity index (χ1n) is 7.06. The van der Waals surface area contributed by atoms with Crippen LogP contribution in [0, 0.1) is 0 Å². The Morgan fingerprint density at radius 1 is 1.00 bits per heavy atom. The van der Waals surface area contributed by atoms with Gasteiger partial charge in [0.15, 0.2) is 0 Å². The molecule has 0 heterocycles. The zero-order chi connectivity index (χ0) is 15.9. The summed E-state index contributed by atoms with van der Waals surface area (Å²) >= 11 is 5.81. The summed E-state index contributed by atoms with van der Waals surface area (Å²) in [6.07, 6.45) is 0.852. The van der Waals surface area contributed by atoms with Gasteiger partial charge in [0.25, 0.3) is 11.8 Å². The lowest BCUT2D eigenvalue weighted by molar-refractivity contribution is 0.0954. The molecule has 0 fully saturated rings. The number of hydrogen-bond acceptors (Lipinski definition) is 2. The Labute approximate surface area is 134 Å². The molecule has 0 atom stereocenters. The van der Waals surface area contributed by atoms with E-state index in [2.05, 4.69) is 10.6 Å². The van der Waals surface area contributed by atoms with Crippen molar-refractivity contribution in [1.82, 2.24) is 5.32 Å². The third-order valence-electron chi connectivity index (χ3n) is 3.06. The molecule has 0 spiro atoms. The number of rotatable bonds is 5. The van der Waals surface area contributed by atoms with Crippen LogP contribution in [0.25, 0.3) is 0 Å². The number of carbonyl (C=O) groups excluding carboxylic acids is 2. The Morgan fingerprint density at radius 3 is 2.36 bits per heavy atom. The summed E-state index contributed by atoms with van der Waals surface area (Å²) in [5.41, 5.74) is 1.41. The van der Waals surface area contributed by atoms with Crippen LogP contribution in [0.3, 0.4) is 0 Å². The van der Waals surface area contributed by atoms with Gasteiger partial charge in [-0.15, -0.1) is 0 Å². The fraction of sp³-hybridized carbons (Fsp3) is 0.176. The molecule has 0 aromatic heterocycles. The highest BCUT2D eigenvalue weighted by molar-refractivity contribution is 6.30. The highest BCUT2D eigenvalue weighted by Gasteiger charge is 2.13. The summed E-state index contributed by atoms with van der Waals surface area (Å²) in [4.78, 5) is 24.3. The Balaban J connectivity index is 2.17. The molecule has 0 radical (unpaired) electrons. The number of amides is 2. The molecule has 2 rings (SSSR count). The van der Waals surface area contributed by atoms with Crippen LogP contribution in [-0.2, 0) is 0 Å². The topological polar surface area (TPSA) is 58.2 Å². The van der Waals surface area contributed by atoms with E-state index in [1.807, 2.05) is 6.92 Å². The predicted molar refractivity (Wildman–Crippen MR) is 88.5 cm³/mol. The normalized spacial score (nSPS) is 10.1. The van der Waals surface area contributed by atoms with E-state index < -0.39 is 0 Å². The molecule has 2 amide bonds. The maximum atomic E-state index is 12.2. The first-order chi connectivity index (χ1) is 10.6. The van der Waals surface area contributed by atoms with Crippen LogP contribution in [0.2, 0.25) is 5.02 Å². The molecule has 0 saturated carbocycles. The summed E-state index contributed by atoms with van der Waals surface area (Å²) in [6.45, 7) is 2.58. The Bertz CT molecular complexity index is 669. The number of carbonyl (C=O) groups is 2. The molecule has 114 valence electrons. The van der Waals surface area contributed by atoms with E-state index in [4.69, 9.17) is 11.6 Å². The minimum atomic E-state index is -0.285. The lowest BCUT2D eigenvalue weighted by Crippen LogP contribution is -2.25. The number of nitrogens with one attached hydrogen (secondary N) is 2. The quantitative estimate of drug-likeness (QED) is 0.883. The number of benzene rings is 2. The van der Waals surface area contributed by atoms with Gasteiger partial charge >= 0.3 is 0 Å². The van der Waals surface area contributed by atoms with Crippen LogP contribution in [-0.4, -0.2) is 18.4 Å². The smallest absolute Gasteiger partial charge is 0.255 e. The highest BCUT2D eigenvalue weighted by Crippen LogP contribution is 2.17. The fourth-order valence-electron chi connectivity index (χ4n) is 1.92. The SMILES string of the molecule is CCCNC(=O)c1ccccc1NC(=O)c1ccc(Cl)cc1. The van der Waals surface area contributed by atoms with Crippen LogP contribution < -0.4 is 10.6 Å². The second-order valence-corrected chi connectivity index (χ2v) is 5.20. The molecule has 5 heteroatoms. The zero-order valence-electron chi connectivity index (χ0n) is 12.2. The Hall–Kier alpha value is -2.33. The monoisotopic (exact) mass is 316 g/mol. The molecule has 0 aliphatic rings. The van der Waals surface area contributed by atoms with Crippen molar-refractivity contribution in [2.45, 2.75) is 13.3 Å². The van der Waals surface area contributed by atoms with Crippen molar-refractivity contribution < 1.29 is 9.59 Å². The van der Waals surface area contributed by atoms with Gasteiger partial charge in [0.2, 0.25) is 0 Å². The average Bonchev–Trinajstić information content (AvgIpc) is 2.53. The number of para-hydroxylation sites is 1. The first kappa shape index (κ1) is 16.0. The molecule has 22 heavy (non-hydrogen) atoms. The second-order valence-electron chi connectivity index (χ2n) is 4.76. The summed E-state index contributed by atoms with van der Waals surface area (Å²) < 4.78 is 0. The molecule has 0 unspecified atom stereocenters. The van der Waals surface area contributed by atoms with Gasteiger partial charge < -0.3 is 10.6 Å². The molecule has 4 nitrogen and oxygen atoms in total. The standard InChI is InChI=1S/C17H17ClN2O2/c1-2-11-19-17(22)14-5-3-4-6-15(14)20-16(21)12-7-9-13(18)10-8-12/h3-10H,2,11H2,1H3,(H,19,22)(H,20,21). The van der Waals surface area contributed by atoms with Gasteiger partial charge in [-0.05, 0) is 42.8 Å². The van der Waals surface area contributed by atoms with Gasteiger partial charge in [-0.1, -0.05) is 30.7 Å². The van der Waals surface area contributed by atoms with E-state index in [9.17, 15) is 9.59 Å². The summed E-state index contributed by atoms with van der Waals surface area (Å²) in [6, 6.07) is 13.5. The average molecular weight is 317 g/mol. The van der Waals surface area contributed by atoms with Crippen LogP contribution in [0.15, 0.2) is 48.5 Å². The van der Waals surface area contributed by atoms with Crippen molar-refractivity contribution in [3.05, 3.63) is 64.7 Å². The van der Waals surface area contributed by atoms with Crippen molar-refractivity contribution >= 4 is 29.1 Å². The molecule has 0 bridgehead atoms. The molecule has 2 aromatic carbocycles. The Morgan fingerprint density at radius 2 is 1.68 bits per heavy atom. The van der Waals surface area contributed by atoms with Crippen molar-refractivity contribution in [3.8, 4) is 0 Å². The van der Waals surface area contributed by atoms with Gasteiger partial charge in [0.05, 0.1) is 11.3 Å². The lowest BCUT2D eigenvalue weighted by Gasteiger charge is -2.11. The molecule has 0 aliphatic carbocycles. The van der Waals surface area contributed by atoms with Crippen molar-refractivity contribution in [1.29, 1.82) is 0 Å². The van der Waals surface area contributed by atoms with Gasteiger partial charge in [-0.2, -0.15) is 0 Å². The molecule has 2 aromatic rings. The summed E-state index contributed by atoms with van der Waals surface area (Å²) in [7, 11) is 0. The van der Waals surface area contributed by atoms with Gasteiger partial charge in [0.1, 0.15) is 0 Å². The fourth-order valence-corrected chi connectivity index (χ4v) is 2.05. The third-order valence-corrected chi connectivity index (χ3v) is 3.31. The lowest BCUT2D eigenvalue weighted by atomic mass is 10.1. The van der Waals surface area contributed by atoms with Crippen molar-refractivity contribution in [2.75, 3.05) is 11.9 Å². The minimum Gasteiger partial charge on any atom is -0.352 e. The van der Waals surface area contributed by atoms with Crippen molar-refractivity contribution in [3.63, 3.8) is 0 Å². The number of anilines is 1. The molecular formula is C17H17ClN2O2. The molecule has 0 aliphatic heterocycles. The van der Waals surface area contributed by atoms with Crippen LogP contribution >= 0.6 is 11.6 Å². The molecular weight excluding hydrogens is 300 g/mol. The van der Waals surface area contributed by atoms with Crippen molar-refractivity contribution in [2.24, 2.45) is 0 Å². The van der Waals surface area contributed by atoms with E-state index in [1.54, 1.807) is 48.5 Å². The molecule has 0 saturated heterocycles. The number of halogens is 1. The van der Waals surface area contributed by atoms with Crippen LogP contribution in [0.4, 0.5) is 5.69 Å². The Kier molecular flexibility index (Phi) is 5.55. The van der Waals surface area contributed by atoms with E-state index in [-0.39, 0.29) is 11.8 Å². The van der Waals surface area contributed by atoms with Crippen LogP contribution in [0.5, 0.6) is 0 Å². The number of hydrogen-bond donors (Lipinski definition) is 2. The first-order valence-corrected chi connectivity index (χ1v) is 7.43. The predicted octanol–water partition coefficient (Wildman–Crippen LogP) is 3.73.